The van der Waals surface area contributed by atoms with Crippen molar-refractivity contribution in [3.8, 4) is 35.6 Å². The first-order valence-corrected chi connectivity index (χ1v) is 52.3. The van der Waals surface area contributed by atoms with Gasteiger partial charge < -0.3 is 98.6 Å². The quantitative estimate of drug-likeness (QED) is 0.0116. The molecule has 0 unspecified atom stereocenters. The van der Waals surface area contributed by atoms with Crippen LogP contribution in [0.15, 0.2) is 193 Å². The molecule has 0 saturated carbocycles. The molecular weight excluding hydrogens is 2660 g/mol. The number of hydrogen-bond donors (Lipinski definition) is 10. The van der Waals surface area contributed by atoms with Crippen LogP contribution in [0.3, 0.4) is 0 Å². The predicted octanol–water partition coefficient (Wildman–Crippen LogP) is 17.7. The Morgan fingerprint density at radius 3 is 1.36 bits per heavy atom. The van der Waals surface area contributed by atoms with Crippen molar-refractivity contribution in [3.05, 3.63) is 220 Å². The second kappa shape index (κ2) is 63.7. The summed E-state index contributed by atoms with van der Waals surface area (Å²) >= 11 is 54.2. The van der Waals surface area contributed by atoms with Crippen molar-refractivity contribution in [1.29, 1.82) is 0 Å². The van der Waals surface area contributed by atoms with Crippen molar-refractivity contribution in [1.82, 2.24) is 102 Å². The second-order valence-electron chi connectivity index (χ2n) is 27.2. The van der Waals surface area contributed by atoms with Gasteiger partial charge in [-0.3, -0.25) is 28.2 Å². The number of hydrogen-bond acceptors (Lipinski definition) is 27. The smallest absolute Gasteiger partial charge is 0.857 e. The van der Waals surface area contributed by atoms with Gasteiger partial charge in [-0.15, -0.1) is 26.3 Å². The minimum atomic E-state index is -4.76. The average molecular weight is 2760 g/mol. The number of terminal acetylenes is 1. The number of H-pyrrole nitrogens is 4. The van der Waals surface area contributed by atoms with Gasteiger partial charge >= 0.3 is 61.7 Å². The van der Waals surface area contributed by atoms with Crippen LogP contribution < -0.4 is 87.9 Å². The number of rotatable bonds is 10. The molecule has 1 fully saturated rings. The number of nitrogens with zero attached hydrogens (tertiary/aromatic N) is 17. The number of aromatic amines is 4. The molecule has 12 N–H and O–H groups in total. The van der Waals surface area contributed by atoms with E-state index in [1.165, 1.54) is 39.8 Å². The van der Waals surface area contributed by atoms with Crippen LogP contribution >= 0.6 is 212 Å². The van der Waals surface area contributed by atoms with E-state index in [4.69, 9.17) is 74.1 Å². The van der Waals surface area contributed by atoms with Crippen molar-refractivity contribution < 1.29 is 109 Å². The van der Waals surface area contributed by atoms with Gasteiger partial charge in [-0.25, -0.2) is 49.8 Å². The summed E-state index contributed by atoms with van der Waals surface area (Å²) in [6.07, 6.45) is 20.8. The molecule has 61 heteroatoms. The van der Waals surface area contributed by atoms with Gasteiger partial charge in [0.1, 0.15) is 88.4 Å². The van der Waals surface area contributed by atoms with Gasteiger partial charge in [0.2, 0.25) is 5.88 Å². The van der Waals surface area contributed by atoms with Crippen LogP contribution in [-0.4, -0.2) is 187 Å². The Morgan fingerprint density at radius 1 is 0.559 bits per heavy atom. The van der Waals surface area contributed by atoms with Crippen LogP contribution in [0.5, 0.6) is 17.4 Å². The Labute approximate surface area is 943 Å². The van der Waals surface area contributed by atoms with Crippen LogP contribution in [0.2, 0.25) is 10.3 Å². The van der Waals surface area contributed by atoms with Gasteiger partial charge in [0, 0.05) is 107 Å². The Morgan fingerprint density at radius 2 is 0.937 bits per heavy atom. The number of nitrogens with one attached hydrogen (secondary N) is 4. The van der Waals surface area contributed by atoms with Gasteiger partial charge in [0.25, 0.3) is 16.7 Å². The number of ether oxygens (including phenoxy) is 3. The van der Waals surface area contributed by atoms with E-state index in [0.29, 0.717) is 86.4 Å². The first-order chi connectivity index (χ1) is 65.8. The molecule has 0 spiro atoms. The minimum Gasteiger partial charge on any atom is -0.857 e. The van der Waals surface area contributed by atoms with Crippen LogP contribution in [-0.2, 0) is 47.1 Å². The molecule has 0 aliphatic carbocycles. The molecule has 0 atom stereocenters. The summed E-state index contributed by atoms with van der Waals surface area (Å²) in [5.74, 6) is -0.137. The summed E-state index contributed by atoms with van der Waals surface area (Å²) < 4.78 is 123. The molecule has 14 aromatic heterocycles. The molecule has 143 heavy (non-hydrogen) atoms. The normalized spacial score (nSPS) is 11.6. The molecule has 17 rings (SSSR count). The van der Waals surface area contributed by atoms with Crippen molar-refractivity contribution in [3.63, 3.8) is 0 Å². The van der Waals surface area contributed by atoms with Crippen molar-refractivity contribution in [2.45, 2.75) is 127 Å². The molecule has 37 nitrogen and oxygen atoms in total. The zero-order valence-electron chi connectivity index (χ0n) is 76.2. The zero-order valence-corrected chi connectivity index (χ0v) is 97.7. The molecule has 16 aromatic rings. The third-order valence-corrected chi connectivity index (χ3v) is 23.2. The Bertz CT molecular complexity index is 6890. The molecule has 0 radical (unpaired) electrons. The summed E-state index contributed by atoms with van der Waals surface area (Å²) in [5, 5.41) is 41.5. The number of alkyl halides is 7. The number of fused-ring (bicyclic) bond motifs is 6. The maximum atomic E-state index is 12.7. The van der Waals surface area contributed by atoms with E-state index in [2.05, 4.69) is 288 Å². The monoisotopic (exact) mass is 2750 g/mol. The fraction of sp³-hybridized carbons (Fsp3) is 0.293. The number of aliphatic hydroxyl groups excluding tert-OH is 2. The number of aromatic nitrogens is 21. The molecule has 1 aliphatic rings. The number of nitrogens with two attached hydrogens (primary N) is 2. The number of aryl methyl sites for hydroxylation is 5. The van der Waals surface area contributed by atoms with Crippen molar-refractivity contribution in [2.75, 3.05) is 37.2 Å². The summed E-state index contributed by atoms with van der Waals surface area (Å²) in [5.41, 5.74) is 21.0. The topological polar surface area (TPSA) is 505 Å². The van der Waals surface area contributed by atoms with Gasteiger partial charge in [-0.05, 0) is 263 Å². The largest absolute Gasteiger partial charge is 1.00 e. The molecule has 1 aliphatic heterocycles. The minimum absolute atomic E-state index is 0. The van der Waals surface area contributed by atoms with E-state index >= 15 is 0 Å². The van der Waals surface area contributed by atoms with Gasteiger partial charge in [0.05, 0.1) is 99.0 Å². The van der Waals surface area contributed by atoms with Crippen molar-refractivity contribution in [2.24, 2.45) is 7.05 Å². The molecule has 0 bridgehead atoms. The second-order valence-corrected chi connectivity index (χ2v) is 42.9. The Balaban J connectivity index is 0.000000795. The average Bonchev–Trinajstić information content (AvgIpc) is 1.76. The fourth-order valence-electron chi connectivity index (χ4n) is 11.0. The Hall–Kier alpha value is -7.00. The molecule has 1 saturated heterocycles. The van der Waals surface area contributed by atoms with E-state index in [1.54, 1.807) is 91.4 Å². The van der Waals surface area contributed by atoms with Crippen LogP contribution in [0.25, 0.3) is 71.9 Å². The molecule has 772 valence electrons. The van der Waals surface area contributed by atoms with Gasteiger partial charge in [0.15, 0.2) is 10.3 Å². The number of nitrogen functional groups attached to an aromatic ring is 2. The van der Waals surface area contributed by atoms with E-state index in [0.717, 1.165) is 131 Å². The van der Waals surface area contributed by atoms with E-state index < -0.39 is 30.8 Å². The number of methoxy groups -OCH3 is 1. The zero-order chi connectivity index (χ0) is 106. The molecular formula is C82H93B2Br8Cl5F6IN23NaO14P. The first kappa shape index (κ1) is 134. The third kappa shape index (κ3) is 40.4. The number of aliphatic hydroxyl groups is 2. The summed E-state index contributed by atoms with van der Waals surface area (Å²) in [7, 11) is 3.25. The molecule has 15 heterocycles. The fourth-order valence-corrected chi connectivity index (χ4v) is 14.6. The van der Waals surface area contributed by atoms with Crippen LogP contribution in [0, 0.1) is 12.5 Å². The van der Waals surface area contributed by atoms with E-state index in [9.17, 15) is 45.3 Å². The number of benzene rings is 2. The summed E-state index contributed by atoms with van der Waals surface area (Å²) in [6.45, 7) is 21.3. The first-order valence-electron chi connectivity index (χ1n) is 39.3. The number of imidazole rings is 6. The van der Waals surface area contributed by atoms with Gasteiger partial charge in [-0.1, -0.05) is 86.1 Å². The van der Waals surface area contributed by atoms with Crippen LogP contribution in [0.1, 0.15) is 77.2 Å². The predicted molar refractivity (Wildman–Crippen MR) is 582 cm³/mol. The van der Waals surface area contributed by atoms with Gasteiger partial charge in [-0.2, -0.15) is 12.2 Å². The summed E-state index contributed by atoms with van der Waals surface area (Å²) in [4.78, 5) is 87.0. The maximum absolute atomic E-state index is 12.7. The molecule has 2 aromatic carbocycles. The van der Waals surface area contributed by atoms with Crippen molar-refractivity contribution >= 4 is 315 Å². The van der Waals surface area contributed by atoms with Crippen LogP contribution in [0.4, 0.5) is 37.7 Å². The Kier molecular flexibility index (Phi) is 59.7. The number of pyridine rings is 7. The third-order valence-electron chi connectivity index (χ3n) is 17.9. The van der Waals surface area contributed by atoms with E-state index in [-0.39, 0.29) is 90.6 Å². The standard InChI is InChI=1S/C15H11BrF3N3O2.C10H17BN2O2.C9H10BrN3O.C8H7BrClN3.C8H8BrN3O.C7H6BF3O3.C6H3BrClN3.C6H4BrN3O.C5H5Br2N3.C2H5I.C2H2O.CH4O.CH3O.2CH4.Cl3OP.Na/c1-2-21-8-20-12-11(16)7-22(14(23)13(12)21)9-3-5-10(6-4-9)24-15(17,18)19;1-9(2)10(3,4)15-11(14-9)8-6-12-13(5)7-8;1-3-13-5-12-7-6(10)4-11-9(14-2)8(7)13;1-2-13-4-12-6-5(9)3-11-8(10)7(6)13;1-2-12-4-11-6-5(9)3-10-8(13)7(6)12;9-7(10,11)14-6-3-1-5(2-4-6)8(12)13;7-3-1-9-6(8)5-4(3)10-2-11-5;7-3-1-8-6(11)5-4(3)9-2-10-5;6-2-1-10-5(7)4(9)3(2)8;2*1-2-3;2*1-2;;;1-5(2,3)4;/h3-8H,2H2,1H3;6-7H,1-5H3;4-5H,3H2,1-2H3;3-4H,2H2,1H3;3-4H,2H2,1H3,(H,10,13);1-4,12-13H;1-2H,(H,10,11);1-2H,(H,8,11)(H,9,10);1H,9H2,(H2,8,10);2H2,1H3;1,3H;2H,1H3;1H3;2*1H4;;/q;;;;;;;;;;;;-1;;;;+1. The summed E-state index contributed by atoms with van der Waals surface area (Å²) in [6, 6.07) is 9.35. The maximum Gasteiger partial charge on any atom is 1.00 e. The van der Waals surface area contributed by atoms with E-state index in [1.807, 2.05) is 75.4 Å². The molecule has 0 amide bonds. The number of halogens is 20. The SMILES string of the molecule is C.C.C#CO.CCI.CCn1cnc2c(Br)c[nH]c(=O)c21.CCn1cnc2c(Br)cn(-c3ccc(OC(F)(F)F)cc3)c(=O)c21.CCn1cnc2c(Br)cnc(Cl)c21.CCn1cnc2c(Br)cnc(OC)c21.CO.C[O-].Clc1ncc(Br)c2nc[nH]c12.Cn1cc(B2OC(C)(C)C(C)(C)O2)cn1.Nc1c(Br)cnc(Br)c1N.O=P(Cl)(Cl)Cl.O=c1[nH]cc(Br)c2nc[nH]c12.OB(O)c1ccc(OC(F)(F)F)cc1.[Na+]. The number of anilines is 2.